The number of aromatic nitrogens is 1. The number of carbonyl (C=O) groups excluding carboxylic acids is 1. The number of ether oxygens (including phenoxy) is 1. The summed E-state index contributed by atoms with van der Waals surface area (Å²) in [4.78, 5) is 15.6. The zero-order valence-electron chi connectivity index (χ0n) is 12.8. The molecule has 5 nitrogen and oxygen atoms in total. The van der Waals surface area contributed by atoms with Gasteiger partial charge in [0.2, 0.25) is 0 Å². The molecule has 0 saturated carbocycles. The largest absolute Gasteiger partial charge is 0.444 e. The molecular weight excluding hydrogens is 290 g/mol. The fourth-order valence-electron chi connectivity index (χ4n) is 1.53. The number of nitrogens with zero attached hydrogens (tertiary/aromatic N) is 1. The lowest BCUT2D eigenvalue weighted by atomic mass is 10.2. The molecule has 0 radical (unpaired) electrons. The van der Waals surface area contributed by atoms with Gasteiger partial charge in [-0.1, -0.05) is 23.8 Å². The SMILES string of the molecule is C[C@H](C/C=C/c1cnc(N)c(Cl)c1)NC(=O)OC(C)(C)C. The van der Waals surface area contributed by atoms with E-state index in [2.05, 4.69) is 10.3 Å². The van der Waals surface area contributed by atoms with Gasteiger partial charge in [-0.3, -0.25) is 0 Å². The summed E-state index contributed by atoms with van der Waals surface area (Å²) in [5.41, 5.74) is 5.91. The highest BCUT2D eigenvalue weighted by atomic mass is 35.5. The predicted molar refractivity (Wildman–Crippen MR) is 86.1 cm³/mol. The fraction of sp³-hybridized carbons (Fsp3) is 0.467. The smallest absolute Gasteiger partial charge is 0.407 e. The summed E-state index contributed by atoms with van der Waals surface area (Å²) in [7, 11) is 0. The van der Waals surface area contributed by atoms with Crippen LogP contribution in [-0.2, 0) is 4.74 Å². The molecule has 0 aromatic carbocycles. The van der Waals surface area contributed by atoms with E-state index in [1.807, 2.05) is 39.8 Å². The van der Waals surface area contributed by atoms with Gasteiger partial charge in [-0.05, 0) is 45.7 Å². The average molecular weight is 312 g/mol. The quantitative estimate of drug-likeness (QED) is 0.890. The van der Waals surface area contributed by atoms with Crippen molar-refractivity contribution >= 4 is 29.6 Å². The van der Waals surface area contributed by atoms with Crippen molar-refractivity contribution < 1.29 is 9.53 Å². The number of nitrogens with one attached hydrogen (secondary N) is 1. The lowest BCUT2D eigenvalue weighted by Gasteiger charge is -2.21. The minimum atomic E-state index is -0.494. The van der Waals surface area contributed by atoms with E-state index in [1.54, 1.807) is 12.3 Å². The second-order valence-electron chi connectivity index (χ2n) is 5.82. The fourth-order valence-corrected chi connectivity index (χ4v) is 1.71. The number of alkyl carbamates (subject to hydrolysis) is 1. The Morgan fingerprint density at radius 3 is 2.81 bits per heavy atom. The molecule has 0 fully saturated rings. The van der Waals surface area contributed by atoms with Crippen molar-refractivity contribution in [3.8, 4) is 0 Å². The summed E-state index contributed by atoms with van der Waals surface area (Å²) in [6.07, 6.45) is 5.71. The van der Waals surface area contributed by atoms with Crippen molar-refractivity contribution in [2.45, 2.75) is 45.8 Å². The Kier molecular flexibility index (Phi) is 6.03. The third-order valence-electron chi connectivity index (χ3n) is 2.45. The molecule has 0 bridgehead atoms. The number of pyridine rings is 1. The standard InChI is InChI=1S/C15H22ClN3O2/c1-10(19-14(20)21-15(2,3)4)6-5-7-11-8-12(16)13(17)18-9-11/h5,7-10H,6H2,1-4H3,(H2,17,18)(H,19,20)/b7-5+/t10-/m1/s1. The molecule has 1 atom stereocenters. The summed E-state index contributed by atoms with van der Waals surface area (Å²) in [6, 6.07) is 1.71. The first-order chi connectivity index (χ1) is 9.67. The number of nitrogens with two attached hydrogens (primary N) is 1. The van der Waals surface area contributed by atoms with Crippen LogP contribution in [0.2, 0.25) is 5.02 Å². The Morgan fingerprint density at radius 1 is 1.57 bits per heavy atom. The van der Waals surface area contributed by atoms with Crippen LogP contribution in [0.3, 0.4) is 0 Å². The molecule has 3 N–H and O–H groups in total. The summed E-state index contributed by atoms with van der Waals surface area (Å²) in [6.45, 7) is 7.39. The van der Waals surface area contributed by atoms with Crippen LogP contribution in [0.4, 0.5) is 10.6 Å². The molecule has 0 aliphatic heterocycles. The second kappa shape index (κ2) is 7.31. The van der Waals surface area contributed by atoms with E-state index in [9.17, 15) is 4.79 Å². The summed E-state index contributed by atoms with van der Waals surface area (Å²) >= 11 is 5.89. The van der Waals surface area contributed by atoms with Gasteiger partial charge in [0.1, 0.15) is 11.4 Å². The average Bonchev–Trinajstić information content (AvgIpc) is 2.31. The third-order valence-corrected chi connectivity index (χ3v) is 2.76. The van der Waals surface area contributed by atoms with Crippen molar-refractivity contribution in [1.29, 1.82) is 0 Å². The molecule has 0 unspecified atom stereocenters. The Balaban J connectivity index is 2.45. The van der Waals surface area contributed by atoms with Gasteiger partial charge in [-0.15, -0.1) is 0 Å². The summed E-state index contributed by atoms with van der Waals surface area (Å²) in [5.74, 6) is 0.314. The number of carbonyl (C=O) groups is 1. The molecule has 0 saturated heterocycles. The Morgan fingerprint density at radius 2 is 2.24 bits per heavy atom. The molecule has 116 valence electrons. The third kappa shape index (κ3) is 6.99. The van der Waals surface area contributed by atoms with Gasteiger partial charge in [0.25, 0.3) is 0 Å². The number of nitrogen functional groups attached to an aromatic ring is 1. The number of rotatable bonds is 4. The first-order valence-electron chi connectivity index (χ1n) is 6.74. The second-order valence-corrected chi connectivity index (χ2v) is 6.23. The van der Waals surface area contributed by atoms with Crippen LogP contribution in [0.1, 0.15) is 39.7 Å². The molecular formula is C15H22ClN3O2. The van der Waals surface area contributed by atoms with E-state index in [-0.39, 0.29) is 6.04 Å². The number of hydrogen-bond donors (Lipinski definition) is 2. The van der Waals surface area contributed by atoms with Crippen molar-refractivity contribution in [3.63, 3.8) is 0 Å². The molecule has 1 aromatic rings. The Bertz CT molecular complexity index is 524. The van der Waals surface area contributed by atoms with Crippen molar-refractivity contribution in [1.82, 2.24) is 10.3 Å². The van der Waals surface area contributed by atoms with E-state index in [4.69, 9.17) is 22.1 Å². The topological polar surface area (TPSA) is 77.2 Å². The van der Waals surface area contributed by atoms with Gasteiger partial charge in [0.15, 0.2) is 0 Å². The summed E-state index contributed by atoms with van der Waals surface area (Å²) < 4.78 is 5.19. The molecule has 21 heavy (non-hydrogen) atoms. The number of hydrogen-bond acceptors (Lipinski definition) is 4. The Labute approximate surface area is 130 Å². The monoisotopic (exact) mass is 311 g/mol. The highest BCUT2D eigenvalue weighted by Gasteiger charge is 2.17. The maximum absolute atomic E-state index is 11.6. The van der Waals surface area contributed by atoms with E-state index in [0.29, 0.717) is 17.3 Å². The van der Waals surface area contributed by atoms with Gasteiger partial charge < -0.3 is 15.8 Å². The Hall–Kier alpha value is -1.75. The van der Waals surface area contributed by atoms with Crippen molar-refractivity contribution in [2.75, 3.05) is 5.73 Å². The highest BCUT2D eigenvalue weighted by molar-refractivity contribution is 6.32. The molecule has 6 heteroatoms. The zero-order chi connectivity index (χ0) is 16.0. The molecule has 0 spiro atoms. The summed E-state index contributed by atoms with van der Waals surface area (Å²) in [5, 5.41) is 3.20. The number of amides is 1. The van der Waals surface area contributed by atoms with Gasteiger partial charge >= 0.3 is 6.09 Å². The van der Waals surface area contributed by atoms with E-state index >= 15 is 0 Å². The van der Waals surface area contributed by atoms with Gasteiger partial charge in [-0.25, -0.2) is 9.78 Å². The maximum Gasteiger partial charge on any atom is 0.407 e. The predicted octanol–water partition coefficient (Wildman–Crippen LogP) is 3.63. The first-order valence-corrected chi connectivity index (χ1v) is 7.12. The van der Waals surface area contributed by atoms with Crippen LogP contribution in [0.25, 0.3) is 6.08 Å². The van der Waals surface area contributed by atoms with Crippen LogP contribution < -0.4 is 11.1 Å². The lowest BCUT2D eigenvalue weighted by Crippen LogP contribution is -2.37. The van der Waals surface area contributed by atoms with Gasteiger partial charge in [-0.2, -0.15) is 0 Å². The molecule has 0 aliphatic carbocycles. The van der Waals surface area contributed by atoms with Gasteiger partial charge in [0.05, 0.1) is 5.02 Å². The van der Waals surface area contributed by atoms with Crippen LogP contribution in [0, 0.1) is 0 Å². The molecule has 1 amide bonds. The van der Waals surface area contributed by atoms with Crippen LogP contribution >= 0.6 is 11.6 Å². The van der Waals surface area contributed by atoms with Crippen LogP contribution in [0.5, 0.6) is 0 Å². The van der Waals surface area contributed by atoms with Crippen LogP contribution in [0.15, 0.2) is 18.3 Å². The lowest BCUT2D eigenvalue weighted by molar-refractivity contribution is 0.0509. The number of halogens is 1. The van der Waals surface area contributed by atoms with E-state index in [0.717, 1.165) is 5.56 Å². The molecule has 1 aromatic heterocycles. The zero-order valence-corrected chi connectivity index (χ0v) is 13.6. The molecule has 0 aliphatic rings. The number of anilines is 1. The van der Waals surface area contributed by atoms with Gasteiger partial charge in [0, 0.05) is 12.2 Å². The van der Waals surface area contributed by atoms with Crippen molar-refractivity contribution in [3.05, 3.63) is 28.9 Å². The highest BCUT2D eigenvalue weighted by Crippen LogP contribution is 2.17. The van der Waals surface area contributed by atoms with Crippen molar-refractivity contribution in [2.24, 2.45) is 0 Å². The maximum atomic E-state index is 11.6. The molecule has 1 heterocycles. The van der Waals surface area contributed by atoms with E-state index in [1.165, 1.54) is 0 Å². The first kappa shape index (κ1) is 17.3. The minimum absolute atomic E-state index is 0.0340. The molecule has 1 rings (SSSR count). The minimum Gasteiger partial charge on any atom is -0.444 e. The normalized spacial score (nSPS) is 13.2. The van der Waals surface area contributed by atoms with E-state index < -0.39 is 11.7 Å². The van der Waals surface area contributed by atoms with Crippen LogP contribution in [-0.4, -0.2) is 22.7 Å².